The number of nitrogens with zero attached hydrogens (tertiary/aromatic N) is 3. The number of hydrogen-bond donors (Lipinski definition) is 1. The molecule has 2 aromatic carbocycles. The summed E-state index contributed by atoms with van der Waals surface area (Å²) in [6.07, 6.45) is -2.56. The largest absolute Gasteiger partial charge is 0.496 e. The zero-order valence-corrected chi connectivity index (χ0v) is 19.0. The number of methoxy groups -OCH3 is 1. The zero-order valence-electron chi connectivity index (χ0n) is 19.0. The van der Waals surface area contributed by atoms with E-state index in [-0.39, 0.29) is 23.0 Å². The van der Waals surface area contributed by atoms with E-state index < -0.39 is 17.7 Å². The van der Waals surface area contributed by atoms with Gasteiger partial charge in [-0.25, -0.2) is 14.5 Å². The van der Waals surface area contributed by atoms with Crippen molar-refractivity contribution in [3.05, 3.63) is 95.4 Å². The molecule has 0 saturated carbocycles. The first-order valence-corrected chi connectivity index (χ1v) is 10.5. The van der Waals surface area contributed by atoms with Crippen molar-refractivity contribution in [2.75, 3.05) is 12.4 Å². The summed E-state index contributed by atoms with van der Waals surface area (Å²) in [6, 6.07) is 15.0. The molecule has 8 nitrogen and oxygen atoms in total. The van der Waals surface area contributed by atoms with Gasteiger partial charge in [-0.15, -0.1) is 0 Å². The lowest BCUT2D eigenvalue weighted by atomic mass is 10.2. The van der Waals surface area contributed by atoms with Crippen LogP contribution < -0.4 is 14.8 Å². The van der Waals surface area contributed by atoms with Gasteiger partial charge in [-0.3, -0.25) is 4.79 Å². The van der Waals surface area contributed by atoms with Crippen molar-refractivity contribution < 1.29 is 32.2 Å². The minimum absolute atomic E-state index is 0.116. The number of pyridine rings is 1. The van der Waals surface area contributed by atoms with Crippen molar-refractivity contribution in [2.45, 2.75) is 13.1 Å². The number of ether oxygens (including phenoxy) is 2. The molecule has 4 aromatic rings. The number of alkyl halides is 3. The van der Waals surface area contributed by atoms with Gasteiger partial charge in [0.05, 0.1) is 30.1 Å². The highest BCUT2D eigenvalue weighted by atomic mass is 19.4. The number of hydrogen-bond acceptors (Lipinski definition) is 6. The summed E-state index contributed by atoms with van der Waals surface area (Å²) in [5.41, 5.74) is 0.407. The molecule has 0 unspecified atom stereocenters. The van der Waals surface area contributed by atoms with Gasteiger partial charge >= 0.3 is 12.1 Å². The van der Waals surface area contributed by atoms with Gasteiger partial charge in [0, 0.05) is 11.9 Å². The number of esters is 1. The Morgan fingerprint density at radius 2 is 1.67 bits per heavy atom. The molecule has 2 heterocycles. The molecule has 0 aliphatic carbocycles. The molecular weight excluding hydrogens is 477 g/mol. The Morgan fingerprint density at radius 3 is 2.31 bits per heavy atom. The van der Waals surface area contributed by atoms with E-state index in [1.54, 1.807) is 43.3 Å². The predicted octanol–water partition coefficient (Wildman–Crippen LogP) is 5.07. The van der Waals surface area contributed by atoms with Crippen LogP contribution in [-0.4, -0.2) is 33.8 Å². The number of amides is 1. The molecular formula is C25H19F3N4O4. The number of carbonyl (C=O) groups is 2. The Hall–Kier alpha value is -4.67. The summed E-state index contributed by atoms with van der Waals surface area (Å²) in [4.78, 5) is 29.0. The maximum absolute atomic E-state index is 12.8. The smallest absolute Gasteiger partial charge is 0.417 e. The second-order valence-electron chi connectivity index (χ2n) is 7.53. The number of rotatable bonds is 6. The molecule has 184 valence electrons. The number of para-hydroxylation sites is 1. The number of anilines is 1. The molecule has 2 aromatic heterocycles. The van der Waals surface area contributed by atoms with E-state index in [9.17, 15) is 22.8 Å². The molecule has 36 heavy (non-hydrogen) atoms. The van der Waals surface area contributed by atoms with Gasteiger partial charge in [-0.05, 0) is 55.5 Å². The zero-order chi connectivity index (χ0) is 25.9. The number of aromatic nitrogens is 3. The van der Waals surface area contributed by atoms with Crippen LogP contribution in [0.15, 0.2) is 73.1 Å². The van der Waals surface area contributed by atoms with Gasteiger partial charge in [-0.2, -0.15) is 18.3 Å². The Balaban J connectivity index is 1.43. The van der Waals surface area contributed by atoms with Crippen molar-refractivity contribution in [3.8, 4) is 17.3 Å². The second-order valence-corrected chi connectivity index (χ2v) is 7.53. The molecule has 0 aliphatic rings. The molecule has 0 saturated heterocycles. The Bertz CT molecular complexity index is 1400. The Labute approximate surface area is 203 Å². The Kier molecular flexibility index (Phi) is 6.73. The molecule has 0 radical (unpaired) electrons. The van der Waals surface area contributed by atoms with Crippen LogP contribution in [0.3, 0.4) is 0 Å². The molecule has 1 amide bonds. The predicted molar refractivity (Wildman–Crippen MR) is 123 cm³/mol. The van der Waals surface area contributed by atoms with Crippen LogP contribution in [0, 0.1) is 6.92 Å². The third-order valence-corrected chi connectivity index (χ3v) is 5.20. The van der Waals surface area contributed by atoms with Gasteiger partial charge in [0.15, 0.2) is 5.82 Å². The van der Waals surface area contributed by atoms with Crippen LogP contribution in [0.5, 0.6) is 11.5 Å². The summed E-state index contributed by atoms with van der Waals surface area (Å²) >= 11 is 0. The lowest BCUT2D eigenvalue weighted by Gasteiger charge is -2.10. The quantitative estimate of drug-likeness (QED) is 0.296. The van der Waals surface area contributed by atoms with Crippen molar-refractivity contribution in [2.24, 2.45) is 0 Å². The lowest BCUT2D eigenvalue weighted by Crippen LogP contribution is -2.13. The molecule has 4 rings (SSSR count). The number of nitrogens with one attached hydrogen (secondary N) is 1. The first kappa shape index (κ1) is 24.5. The first-order valence-electron chi connectivity index (χ1n) is 10.5. The van der Waals surface area contributed by atoms with Crippen molar-refractivity contribution in [3.63, 3.8) is 0 Å². The molecule has 0 aliphatic heterocycles. The number of benzene rings is 2. The lowest BCUT2D eigenvalue weighted by molar-refractivity contribution is -0.137. The van der Waals surface area contributed by atoms with Gasteiger partial charge < -0.3 is 14.8 Å². The molecule has 0 spiro atoms. The average Bonchev–Trinajstić information content (AvgIpc) is 3.26. The normalized spacial score (nSPS) is 11.1. The summed E-state index contributed by atoms with van der Waals surface area (Å²) < 4.78 is 50.1. The van der Waals surface area contributed by atoms with E-state index in [4.69, 9.17) is 9.47 Å². The van der Waals surface area contributed by atoms with E-state index in [0.717, 1.165) is 12.1 Å². The molecule has 0 fully saturated rings. The monoisotopic (exact) mass is 496 g/mol. The van der Waals surface area contributed by atoms with Crippen LogP contribution in [0.1, 0.15) is 32.0 Å². The molecule has 11 heteroatoms. The second kappa shape index (κ2) is 9.90. The molecule has 0 bridgehead atoms. The maximum Gasteiger partial charge on any atom is 0.417 e. The number of halogens is 3. The molecule has 1 N–H and O–H groups in total. The van der Waals surface area contributed by atoms with Crippen LogP contribution in [0.4, 0.5) is 18.9 Å². The molecule has 0 atom stereocenters. The standard InChI is InChI=1S/C25H19F3N4O4/c1-15-20(14-30-32(15)22-12-7-16(13-29-22)25(26,27)28)24(34)36-18-10-8-17(9-11-18)31-23(33)19-5-3-4-6-21(19)35-2/h3-14H,1-2H3,(H,31,33). The van der Waals surface area contributed by atoms with E-state index >= 15 is 0 Å². The van der Waals surface area contributed by atoms with E-state index in [1.165, 1.54) is 30.1 Å². The van der Waals surface area contributed by atoms with Gasteiger partial charge in [0.1, 0.15) is 17.1 Å². The van der Waals surface area contributed by atoms with Crippen LogP contribution >= 0.6 is 0 Å². The van der Waals surface area contributed by atoms with Crippen molar-refractivity contribution in [1.29, 1.82) is 0 Å². The van der Waals surface area contributed by atoms with E-state index in [2.05, 4.69) is 15.4 Å². The van der Waals surface area contributed by atoms with E-state index in [0.29, 0.717) is 28.9 Å². The van der Waals surface area contributed by atoms with Gasteiger partial charge in [0.2, 0.25) is 0 Å². The van der Waals surface area contributed by atoms with Gasteiger partial charge in [0.25, 0.3) is 5.91 Å². The maximum atomic E-state index is 12.8. The minimum atomic E-state index is -4.51. The fourth-order valence-electron chi connectivity index (χ4n) is 3.32. The van der Waals surface area contributed by atoms with Crippen molar-refractivity contribution >= 4 is 17.6 Å². The van der Waals surface area contributed by atoms with Gasteiger partial charge in [-0.1, -0.05) is 12.1 Å². The fraction of sp³-hybridized carbons (Fsp3) is 0.120. The fourth-order valence-corrected chi connectivity index (χ4v) is 3.32. The van der Waals surface area contributed by atoms with Crippen LogP contribution in [0.2, 0.25) is 0 Å². The highest BCUT2D eigenvalue weighted by Crippen LogP contribution is 2.29. The average molecular weight is 496 g/mol. The minimum Gasteiger partial charge on any atom is -0.496 e. The number of carbonyl (C=O) groups excluding carboxylic acids is 2. The third-order valence-electron chi connectivity index (χ3n) is 5.20. The Morgan fingerprint density at radius 1 is 0.944 bits per heavy atom. The highest BCUT2D eigenvalue weighted by Gasteiger charge is 2.31. The summed E-state index contributed by atoms with van der Waals surface area (Å²) in [7, 11) is 1.47. The summed E-state index contributed by atoms with van der Waals surface area (Å²) in [5.74, 6) is -0.304. The summed E-state index contributed by atoms with van der Waals surface area (Å²) in [6.45, 7) is 1.57. The topological polar surface area (TPSA) is 95.3 Å². The van der Waals surface area contributed by atoms with Crippen molar-refractivity contribution in [1.82, 2.24) is 14.8 Å². The van der Waals surface area contributed by atoms with Crippen LogP contribution in [0.25, 0.3) is 5.82 Å². The van der Waals surface area contributed by atoms with Crippen LogP contribution in [-0.2, 0) is 6.18 Å². The summed E-state index contributed by atoms with van der Waals surface area (Å²) in [5, 5.41) is 6.78. The SMILES string of the molecule is COc1ccccc1C(=O)Nc1ccc(OC(=O)c2cnn(-c3ccc(C(F)(F)F)cn3)c2C)cc1. The third kappa shape index (κ3) is 5.19. The van der Waals surface area contributed by atoms with E-state index in [1.807, 2.05) is 0 Å². The highest BCUT2D eigenvalue weighted by molar-refractivity contribution is 6.06. The first-order chi connectivity index (χ1) is 17.2.